The van der Waals surface area contributed by atoms with Crippen LogP contribution in [0.15, 0.2) is 36.4 Å². The highest BCUT2D eigenvalue weighted by Gasteiger charge is 2.33. The molecule has 2 aromatic heterocycles. The summed E-state index contributed by atoms with van der Waals surface area (Å²) in [6.07, 6.45) is 1.38. The third kappa shape index (κ3) is 3.06. The molecule has 2 aliphatic rings. The number of nitrogens with one attached hydrogen (secondary N) is 1. The first-order valence-electron chi connectivity index (χ1n) is 10.1. The molecule has 4 heterocycles. The van der Waals surface area contributed by atoms with E-state index in [0.717, 1.165) is 30.3 Å². The van der Waals surface area contributed by atoms with E-state index >= 15 is 0 Å². The van der Waals surface area contributed by atoms with E-state index in [0.29, 0.717) is 13.0 Å². The van der Waals surface area contributed by atoms with Gasteiger partial charge in [-0.2, -0.15) is 5.10 Å². The largest absolute Gasteiger partial charge is 0.337 e. The number of amides is 2. The van der Waals surface area contributed by atoms with Gasteiger partial charge in [-0.15, -0.1) is 5.10 Å². The molecule has 2 atom stereocenters. The van der Waals surface area contributed by atoms with Gasteiger partial charge in [0.25, 0.3) is 11.8 Å². The van der Waals surface area contributed by atoms with Gasteiger partial charge in [-0.05, 0) is 25.3 Å². The van der Waals surface area contributed by atoms with E-state index in [1.165, 1.54) is 5.56 Å². The smallest absolute Gasteiger partial charge is 0.291 e. The average Bonchev–Trinajstić information content (AvgIpc) is 3.42. The van der Waals surface area contributed by atoms with Crippen molar-refractivity contribution in [3.05, 3.63) is 59.3 Å². The van der Waals surface area contributed by atoms with Gasteiger partial charge >= 0.3 is 0 Å². The van der Waals surface area contributed by atoms with Crippen LogP contribution in [0.5, 0.6) is 0 Å². The van der Waals surface area contributed by atoms with Crippen LogP contribution in [-0.2, 0) is 17.9 Å². The molecule has 2 amide bonds. The Morgan fingerprint density at radius 2 is 1.87 bits per heavy atom. The molecule has 1 aromatic carbocycles. The Morgan fingerprint density at radius 1 is 1.10 bits per heavy atom. The Hall–Kier alpha value is -3.49. The van der Waals surface area contributed by atoms with Crippen molar-refractivity contribution >= 4 is 17.6 Å². The van der Waals surface area contributed by atoms with E-state index in [4.69, 9.17) is 0 Å². The number of nitrogens with zero attached hydrogens (tertiary/aromatic N) is 6. The number of anilines is 1. The third-order valence-corrected chi connectivity index (χ3v) is 5.83. The van der Waals surface area contributed by atoms with Crippen molar-refractivity contribution < 1.29 is 9.59 Å². The molecule has 1 N–H and O–H groups in total. The fourth-order valence-corrected chi connectivity index (χ4v) is 4.30. The van der Waals surface area contributed by atoms with Crippen LogP contribution in [0.1, 0.15) is 46.5 Å². The highest BCUT2D eigenvalue weighted by molar-refractivity contribution is 6.00. The number of rotatable bonds is 3. The van der Waals surface area contributed by atoms with Crippen LogP contribution < -0.4 is 10.2 Å². The van der Waals surface area contributed by atoms with Gasteiger partial charge in [0.15, 0.2) is 0 Å². The maximum atomic E-state index is 12.9. The predicted molar refractivity (Wildman–Crippen MR) is 109 cm³/mol. The number of hydrogen-bond donors (Lipinski definition) is 1. The maximum Gasteiger partial charge on any atom is 0.291 e. The van der Waals surface area contributed by atoms with E-state index in [-0.39, 0.29) is 17.6 Å². The summed E-state index contributed by atoms with van der Waals surface area (Å²) in [5, 5.41) is 11.6. The second-order valence-electron chi connectivity index (χ2n) is 7.85. The minimum absolute atomic E-state index is 0.110. The molecular weight excluding hydrogens is 382 g/mol. The van der Waals surface area contributed by atoms with Crippen LogP contribution in [0.4, 0.5) is 5.82 Å². The van der Waals surface area contributed by atoms with Gasteiger partial charge in [0, 0.05) is 32.1 Å². The quantitative estimate of drug-likeness (QED) is 0.712. The fourth-order valence-electron chi connectivity index (χ4n) is 4.30. The van der Waals surface area contributed by atoms with E-state index < -0.39 is 11.9 Å². The Balaban J connectivity index is 1.33. The molecule has 0 spiro atoms. The number of fused-ring (bicyclic) bond motifs is 2. The lowest BCUT2D eigenvalue weighted by Crippen LogP contribution is -2.47. The second-order valence-corrected chi connectivity index (χ2v) is 7.85. The van der Waals surface area contributed by atoms with Crippen LogP contribution in [0.3, 0.4) is 0 Å². The number of carbonyl (C=O) groups excluding carboxylic acids is 2. The van der Waals surface area contributed by atoms with Crippen molar-refractivity contribution in [1.82, 2.24) is 29.9 Å². The first kappa shape index (κ1) is 18.5. The molecule has 2 aliphatic heterocycles. The Bertz CT molecular complexity index is 1120. The summed E-state index contributed by atoms with van der Waals surface area (Å²) >= 11 is 0. The highest BCUT2D eigenvalue weighted by atomic mass is 16.2. The van der Waals surface area contributed by atoms with Crippen LogP contribution in [0, 0.1) is 6.92 Å². The third-order valence-electron chi connectivity index (χ3n) is 5.83. The van der Waals surface area contributed by atoms with E-state index in [1.54, 1.807) is 21.3 Å². The zero-order valence-electron chi connectivity index (χ0n) is 16.9. The summed E-state index contributed by atoms with van der Waals surface area (Å²) in [7, 11) is 1.70. The van der Waals surface area contributed by atoms with Gasteiger partial charge < -0.3 is 5.32 Å². The zero-order valence-corrected chi connectivity index (χ0v) is 16.9. The van der Waals surface area contributed by atoms with Gasteiger partial charge in [0.05, 0.1) is 5.69 Å². The molecule has 154 valence electrons. The monoisotopic (exact) mass is 405 g/mol. The lowest BCUT2D eigenvalue weighted by molar-refractivity contribution is -0.120. The average molecular weight is 405 g/mol. The SMILES string of the molecule is Cc1cc2n(n1)CC[C@H](NC(=O)c1nc3n(n1)CCC3c1ccccc1)C(=O)N2C. The summed E-state index contributed by atoms with van der Waals surface area (Å²) in [6, 6.07) is 11.3. The van der Waals surface area contributed by atoms with Gasteiger partial charge in [0.2, 0.25) is 5.82 Å². The maximum absolute atomic E-state index is 12.9. The molecule has 9 nitrogen and oxygen atoms in total. The van der Waals surface area contributed by atoms with Gasteiger partial charge in [-0.25, -0.2) is 14.3 Å². The van der Waals surface area contributed by atoms with Crippen molar-refractivity contribution in [2.45, 2.75) is 44.8 Å². The molecule has 0 aliphatic carbocycles. The number of aromatic nitrogens is 5. The van der Waals surface area contributed by atoms with E-state index in [1.807, 2.05) is 31.2 Å². The molecule has 5 rings (SSSR count). The summed E-state index contributed by atoms with van der Waals surface area (Å²) in [5.41, 5.74) is 2.03. The van der Waals surface area contributed by atoms with E-state index in [2.05, 4.69) is 32.6 Å². The number of carbonyl (C=O) groups is 2. The molecule has 30 heavy (non-hydrogen) atoms. The molecule has 0 fully saturated rings. The molecule has 1 unspecified atom stereocenters. The molecule has 3 aromatic rings. The molecule has 0 saturated carbocycles. The van der Waals surface area contributed by atoms with Crippen LogP contribution >= 0.6 is 0 Å². The highest BCUT2D eigenvalue weighted by Crippen LogP contribution is 2.32. The molecular formula is C21H23N7O2. The fraction of sp³-hybridized carbons (Fsp3) is 0.381. The van der Waals surface area contributed by atoms with Crippen molar-refractivity contribution in [3.63, 3.8) is 0 Å². The number of hydrogen-bond acceptors (Lipinski definition) is 5. The standard InChI is InChI=1S/C21H23N7O2/c1-13-12-17-26(2)21(30)16(9-11-27(17)24-13)22-20(29)18-23-19-15(8-10-28(19)25-18)14-6-4-3-5-7-14/h3-7,12,15-16H,8-11H2,1-2H3,(H,22,29)/t15?,16-/m0/s1. The minimum Gasteiger partial charge on any atom is -0.337 e. The molecule has 0 saturated heterocycles. The normalized spacial score (nSPS) is 20.6. The Morgan fingerprint density at radius 3 is 2.67 bits per heavy atom. The predicted octanol–water partition coefficient (Wildman–Crippen LogP) is 1.48. The number of aryl methyl sites for hydroxylation is 3. The van der Waals surface area contributed by atoms with Gasteiger partial charge in [0.1, 0.15) is 17.7 Å². The van der Waals surface area contributed by atoms with E-state index in [9.17, 15) is 9.59 Å². The Kier molecular flexibility index (Phi) is 4.38. The van der Waals surface area contributed by atoms with Crippen molar-refractivity contribution in [2.75, 3.05) is 11.9 Å². The van der Waals surface area contributed by atoms with Crippen LogP contribution in [0.25, 0.3) is 0 Å². The number of likely N-dealkylation sites (N-methyl/N-ethyl adjacent to an activating group) is 1. The lowest BCUT2D eigenvalue weighted by atomic mass is 9.97. The Labute approximate surface area is 173 Å². The first-order chi connectivity index (χ1) is 14.5. The van der Waals surface area contributed by atoms with Gasteiger partial charge in [-0.1, -0.05) is 30.3 Å². The first-order valence-corrected chi connectivity index (χ1v) is 10.1. The molecule has 0 bridgehead atoms. The molecule has 0 radical (unpaired) electrons. The lowest BCUT2D eigenvalue weighted by Gasteiger charge is -2.19. The van der Waals surface area contributed by atoms with Gasteiger partial charge in [-0.3, -0.25) is 14.5 Å². The van der Waals surface area contributed by atoms with Crippen molar-refractivity contribution in [1.29, 1.82) is 0 Å². The molecule has 9 heteroatoms. The van der Waals surface area contributed by atoms with Crippen molar-refractivity contribution in [3.8, 4) is 0 Å². The van der Waals surface area contributed by atoms with Crippen LogP contribution in [0.2, 0.25) is 0 Å². The summed E-state index contributed by atoms with van der Waals surface area (Å²) in [4.78, 5) is 31.8. The summed E-state index contributed by atoms with van der Waals surface area (Å²) < 4.78 is 3.60. The number of benzene rings is 1. The summed E-state index contributed by atoms with van der Waals surface area (Å²) in [5.74, 6) is 1.18. The topological polar surface area (TPSA) is 97.9 Å². The minimum atomic E-state index is -0.646. The van der Waals surface area contributed by atoms with Crippen LogP contribution in [-0.4, -0.2) is 49.4 Å². The zero-order chi connectivity index (χ0) is 20.8. The van der Waals surface area contributed by atoms with Crippen molar-refractivity contribution in [2.24, 2.45) is 0 Å². The second kappa shape index (κ2) is 7.08. The summed E-state index contributed by atoms with van der Waals surface area (Å²) in [6.45, 7) is 3.17.